The van der Waals surface area contributed by atoms with Gasteiger partial charge in [0.1, 0.15) is 5.82 Å². The van der Waals surface area contributed by atoms with Gasteiger partial charge in [-0.25, -0.2) is 4.98 Å². The largest absolute Gasteiger partial charge is 0.389 e. The fourth-order valence-corrected chi connectivity index (χ4v) is 4.89. The minimum atomic E-state index is -0.488. The molecular formula is C20H31N5O2. The van der Waals surface area contributed by atoms with Crippen molar-refractivity contribution in [2.75, 3.05) is 43.5 Å². The lowest BCUT2D eigenvalue weighted by Crippen LogP contribution is -2.54. The Morgan fingerprint density at radius 2 is 2.04 bits per heavy atom. The van der Waals surface area contributed by atoms with Gasteiger partial charge in [-0.05, 0) is 25.7 Å². The van der Waals surface area contributed by atoms with Gasteiger partial charge in [0, 0.05) is 52.1 Å². The molecule has 0 radical (unpaired) electrons. The summed E-state index contributed by atoms with van der Waals surface area (Å²) in [5, 5.41) is 11.0. The van der Waals surface area contributed by atoms with Gasteiger partial charge in [0.15, 0.2) is 0 Å². The molecule has 0 unspecified atom stereocenters. The van der Waals surface area contributed by atoms with Crippen molar-refractivity contribution in [1.82, 2.24) is 14.9 Å². The van der Waals surface area contributed by atoms with Crippen LogP contribution in [0.15, 0.2) is 0 Å². The van der Waals surface area contributed by atoms with Gasteiger partial charge in [-0.1, -0.05) is 12.8 Å². The highest BCUT2D eigenvalue weighted by molar-refractivity contribution is 5.73. The van der Waals surface area contributed by atoms with Gasteiger partial charge in [-0.15, -0.1) is 0 Å². The number of hydrogen-bond donors (Lipinski definition) is 1. The zero-order chi connectivity index (χ0) is 19.2. The van der Waals surface area contributed by atoms with Gasteiger partial charge in [0.2, 0.25) is 11.9 Å². The first-order chi connectivity index (χ1) is 12.9. The van der Waals surface area contributed by atoms with Gasteiger partial charge in [-0.3, -0.25) is 4.79 Å². The number of amides is 1. The number of fused-ring (bicyclic) bond motifs is 2. The highest BCUT2D eigenvalue weighted by atomic mass is 16.3. The number of carbonyl (C=O) groups is 1. The van der Waals surface area contributed by atoms with Crippen LogP contribution in [0, 0.1) is 5.92 Å². The van der Waals surface area contributed by atoms with Crippen LogP contribution in [0.25, 0.3) is 0 Å². The monoisotopic (exact) mass is 373 g/mol. The number of piperidine rings is 1. The summed E-state index contributed by atoms with van der Waals surface area (Å²) in [6.45, 7) is 4.60. The maximum atomic E-state index is 11.8. The molecule has 0 aromatic carbocycles. The Balaban J connectivity index is 1.67. The summed E-state index contributed by atoms with van der Waals surface area (Å²) >= 11 is 0. The predicted molar refractivity (Wildman–Crippen MR) is 105 cm³/mol. The Labute approximate surface area is 161 Å². The van der Waals surface area contributed by atoms with Gasteiger partial charge in [-0.2, -0.15) is 4.98 Å². The molecule has 1 aliphatic carbocycles. The lowest BCUT2D eigenvalue weighted by molar-refractivity contribution is -0.129. The van der Waals surface area contributed by atoms with Crippen LogP contribution in [0.3, 0.4) is 0 Å². The summed E-state index contributed by atoms with van der Waals surface area (Å²) in [5.74, 6) is 2.13. The van der Waals surface area contributed by atoms with Crippen molar-refractivity contribution in [2.45, 2.75) is 57.6 Å². The number of hydrogen-bond acceptors (Lipinski definition) is 6. The molecule has 2 fully saturated rings. The number of carbonyl (C=O) groups excluding carboxylic acids is 1. The SMILES string of the molecule is CC(=O)N1CCc2c(nc(N(C)C)nc2N2CC[C@@]3(O)CCCC[C@H]3C2)C1. The van der Waals surface area contributed by atoms with E-state index in [4.69, 9.17) is 9.97 Å². The molecule has 7 nitrogen and oxygen atoms in total. The van der Waals surface area contributed by atoms with E-state index in [2.05, 4.69) is 4.90 Å². The Morgan fingerprint density at radius 1 is 1.22 bits per heavy atom. The third-order valence-electron chi connectivity index (χ3n) is 6.60. The van der Waals surface area contributed by atoms with Crippen molar-refractivity contribution in [3.63, 3.8) is 0 Å². The first kappa shape index (κ1) is 18.5. The van der Waals surface area contributed by atoms with Gasteiger partial charge in [0.25, 0.3) is 0 Å². The second-order valence-electron chi connectivity index (χ2n) is 8.60. The summed E-state index contributed by atoms with van der Waals surface area (Å²) in [6.07, 6.45) is 5.99. The Hall–Kier alpha value is -1.89. The molecule has 27 heavy (non-hydrogen) atoms. The van der Waals surface area contributed by atoms with E-state index in [1.54, 1.807) is 6.92 Å². The molecule has 1 amide bonds. The quantitative estimate of drug-likeness (QED) is 0.849. The topological polar surface area (TPSA) is 72.8 Å². The molecule has 1 N–H and O–H groups in total. The third-order valence-corrected chi connectivity index (χ3v) is 6.60. The van der Waals surface area contributed by atoms with E-state index in [-0.39, 0.29) is 5.91 Å². The zero-order valence-corrected chi connectivity index (χ0v) is 16.7. The predicted octanol–water partition coefficient (Wildman–Crippen LogP) is 1.58. The van der Waals surface area contributed by atoms with E-state index in [0.717, 1.165) is 63.3 Å². The normalized spacial score (nSPS) is 27.8. The average molecular weight is 374 g/mol. The molecule has 1 aromatic rings. The zero-order valence-electron chi connectivity index (χ0n) is 16.7. The van der Waals surface area contributed by atoms with Crippen molar-refractivity contribution >= 4 is 17.7 Å². The molecule has 7 heteroatoms. The maximum Gasteiger partial charge on any atom is 0.227 e. The smallest absolute Gasteiger partial charge is 0.227 e. The van der Waals surface area contributed by atoms with Crippen LogP contribution in [0.2, 0.25) is 0 Å². The summed E-state index contributed by atoms with van der Waals surface area (Å²) in [5.41, 5.74) is 1.66. The lowest BCUT2D eigenvalue weighted by Gasteiger charge is -2.48. The molecule has 1 saturated carbocycles. The Kier molecular flexibility index (Phi) is 4.74. The van der Waals surface area contributed by atoms with Crippen LogP contribution < -0.4 is 9.80 Å². The second kappa shape index (κ2) is 6.93. The maximum absolute atomic E-state index is 11.8. The summed E-state index contributed by atoms with van der Waals surface area (Å²) in [4.78, 5) is 27.6. The fraction of sp³-hybridized carbons (Fsp3) is 0.750. The number of nitrogens with zero attached hydrogens (tertiary/aromatic N) is 5. The van der Waals surface area contributed by atoms with Crippen LogP contribution in [0.5, 0.6) is 0 Å². The number of anilines is 2. The van der Waals surface area contributed by atoms with Crippen LogP contribution in [-0.4, -0.2) is 65.2 Å². The molecule has 1 saturated heterocycles. The molecular weight excluding hydrogens is 342 g/mol. The van der Waals surface area contributed by atoms with Crippen molar-refractivity contribution in [3.8, 4) is 0 Å². The lowest BCUT2D eigenvalue weighted by atomic mass is 9.71. The average Bonchev–Trinajstić information content (AvgIpc) is 2.65. The molecule has 2 atom stereocenters. The van der Waals surface area contributed by atoms with Crippen molar-refractivity contribution in [3.05, 3.63) is 11.3 Å². The van der Waals surface area contributed by atoms with Gasteiger partial charge < -0.3 is 19.8 Å². The molecule has 2 aliphatic heterocycles. The highest BCUT2D eigenvalue weighted by Crippen LogP contribution is 2.41. The summed E-state index contributed by atoms with van der Waals surface area (Å²) in [6, 6.07) is 0. The van der Waals surface area contributed by atoms with Gasteiger partial charge in [0.05, 0.1) is 17.8 Å². The molecule has 148 valence electrons. The molecule has 4 rings (SSSR count). The number of rotatable bonds is 2. The Bertz CT molecular complexity index is 737. The van der Waals surface area contributed by atoms with Crippen LogP contribution in [0.1, 0.15) is 50.3 Å². The first-order valence-electron chi connectivity index (χ1n) is 10.2. The van der Waals surface area contributed by atoms with E-state index < -0.39 is 5.60 Å². The minimum Gasteiger partial charge on any atom is -0.389 e. The molecule has 0 bridgehead atoms. The van der Waals surface area contributed by atoms with E-state index in [1.807, 2.05) is 23.9 Å². The summed E-state index contributed by atoms with van der Waals surface area (Å²) < 4.78 is 0. The van der Waals surface area contributed by atoms with Gasteiger partial charge >= 0.3 is 0 Å². The standard InChI is InChI=1S/C20H31N5O2/c1-14(26)24-10-7-16-17(13-24)21-19(23(2)3)22-18(16)25-11-9-20(27)8-5-4-6-15(20)12-25/h15,27H,4-13H2,1-3H3/t15-,20-/m0/s1. The van der Waals surface area contributed by atoms with E-state index in [1.165, 1.54) is 12.0 Å². The molecule has 1 aromatic heterocycles. The summed E-state index contributed by atoms with van der Waals surface area (Å²) in [7, 11) is 3.90. The molecule has 3 aliphatic rings. The van der Waals surface area contributed by atoms with E-state index in [0.29, 0.717) is 18.4 Å². The molecule has 3 heterocycles. The number of aliphatic hydroxyl groups is 1. The van der Waals surface area contributed by atoms with Crippen LogP contribution in [0.4, 0.5) is 11.8 Å². The first-order valence-corrected chi connectivity index (χ1v) is 10.2. The second-order valence-corrected chi connectivity index (χ2v) is 8.60. The Morgan fingerprint density at radius 3 is 2.78 bits per heavy atom. The van der Waals surface area contributed by atoms with Crippen molar-refractivity contribution in [2.24, 2.45) is 5.92 Å². The minimum absolute atomic E-state index is 0.0949. The van der Waals surface area contributed by atoms with Crippen LogP contribution >= 0.6 is 0 Å². The third kappa shape index (κ3) is 3.37. The van der Waals surface area contributed by atoms with Crippen molar-refractivity contribution < 1.29 is 9.90 Å². The van der Waals surface area contributed by atoms with E-state index in [9.17, 15) is 9.90 Å². The van der Waals surface area contributed by atoms with E-state index >= 15 is 0 Å². The molecule has 0 spiro atoms. The van der Waals surface area contributed by atoms with Crippen molar-refractivity contribution in [1.29, 1.82) is 0 Å². The fourth-order valence-electron chi connectivity index (χ4n) is 4.89. The number of aromatic nitrogens is 2. The van der Waals surface area contributed by atoms with Crippen LogP contribution in [-0.2, 0) is 17.8 Å². The highest BCUT2D eigenvalue weighted by Gasteiger charge is 2.43.